The zero-order valence-corrected chi connectivity index (χ0v) is 10.6. The van der Waals surface area contributed by atoms with Crippen LogP contribution in [0.15, 0.2) is 18.2 Å². The van der Waals surface area contributed by atoms with Gasteiger partial charge in [0.05, 0.1) is 0 Å². The molecule has 1 aromatic rings. The largest absolute Gasteiger partial charge is 0.369 e. The molecule has 0 radical (unpaired) electrons. The van der Waals surface area contributed by atoms with Gasteiger partial charge in [0.15, 0.2) is 0 Å². The average molecular weight is 235 g/mol. The Kier molecular flexibility index (Phi) is 3.54. The van der Waals surface area contributed by atoms with E-state index in [1.165, 1.54) is 17.0 Å². The SMILES string of the molecule is Cc1cc(C=O)ccc1N1CCSC(C)C1. The minimum absolute atomic E-state index is 0.693. The summed E-state index contributed by atoms with van der Waals surface area (Å²) in [7, 11) is 0. The molecule has 2 rings (SSSR count). The molecule has 86 valence electrons. The van der Waals surface area contributed by atoms with Crippen LogP contribution in [0.25, 0.3) is 0 Å². The number of aryl methyl sites for hydroxylation is 1. The Morgan fingerprint density at radius 2 is 2.31 bits per heavy atom. The maximum Gasteiger partial charge on any atom is 0.150 e. The number of hydrogen-bond donors (Lipinski definition) is 0. The van der Waals surface area contributed by atoms with Crippen molar-refractivity contribution in [3.8, 4) is 0 Å². The lowest BCUT2D eigenvalue weighted by Gasteiger charge is -2.33. The summed E-state index contributed by atoms with van der Waals surface area (Å²) >= 11 is 2.03. The lowest BCUT2D eigenvalue weighted by atomic mass is 10.1. The zero-order valence-electron chi connectivity index (χ0n) is 9.77. The maximum absolute atomic E-state index is 10.7. The fourth-order valence-electron chi connectivity index (χ4n) is 2.14. The van der Waals surface area contributed by atoms with Gasteiger partial charge >= 0.3 is 0 Å². The van der Waals surface area contributed by atoms with Crippen LogP contribution in [0.2, 0.25) is 0 Å². The molecule has 1 heterocycles. The molecule has 1 aliphatic heterocycles. The first-order valence-electron chi connectivity index (χ1n) is 5.63. The number of aldehydes is 1. The Labute approximate surface area is 101 Å². The molecule has 1 fully saturated rings. The quantitative estimate of drug-likeness (QED) is 0.735. The molecule has 16 heavy (non-hydrogen) atoms. The maximum atomic E-state index is 10.7. The van der Waals surface area contributed by atoms with E-state index in [1.54, 1.807) is 0 Å². The number of carbonyl (C=O) groups excluding carboxylic acids is 1. The summed E-state index contributed by atoms with van der Waals surface area (Å²) in [5, 5.41) is 0.693. The number of carbonyl (C=O) groups is 1. The van der Waals surface area contributed by atoms with E-state index < -0.39 is 0 Å². The van der Waals surface area contributed by atoms with Gasteiger partial charge in [-0.15, -0.1) is 0 Å². The molecule has 0 aliphatic carbocycles. The first-order chi connectivity index (χ1) is 7.70. The second-order valence-electron chi connectivity index (χ2n) is 4.29. The minimum Gasteiger partial charge on any atom is -0.369 e. The van der Waals surface area contributed by atoms with Gasteiger partial charge in [-0.25, -0.2) is 0 Å². The predicted molar refractivity (Wildman–Crippen MR) is 70.7 cm³/mol. The number of anilines is 1. The van der Waals surface area contributed by atoms with Gasteiger partial charge in [0.2, 0.25) is 0 Å². The first-order valence-corrected chi connectivity index (χ1v) is 6.68. The summed E-state index contributed by atoms with van der Waals surface area (Å²) in [6.45, 7) is 6.56. The van der Waals surface area contributed by atoms with Gasteiger partial charge in [-0.1, -0.05) is 6.92 Å². The van der Waals surface area contributed by atoms with Gasteiger partial charge in [0.25, 0.3) is 0 Å². The number of nitrogens with zero attached hydrogens (tertiary/aromatic N) is 1. The first kappa shape index (κ1) is 11.5. The van der Waals surface area contributed by atoms with Gasteiger partial charge in [0.1, 0.15) is 6.29 Å². The molecule has 1 unspecified atom stereocenters. The van der Waals surface area contributed by atoms with E-state index in [9.17, 15) is 4.79 Å². The van der Waals surface area contributed by atoms with Crippen molar-refractivity contribution in [3.05, 3.63) is 29.3 Å². The zero-order chi connectivity index (χ0) is 11.5. The highest BCUT2D eigenvalue weighted by Gasteiger charge is 2.18. The van der Waals surface area contributed by atoms with Crippen molar-refractivity contribution >= 4 is 23.7 Å². The summed E-state index contributed by atoms with van der Waals surface area (Å²) < 4.78 is 0. The summed E-state index contributed by atoms with van der Waals surface area (Å²) in [6.07, 6.45) is 0.908. The van der Waals surface area contributed by atoms with Gasteiger partial charge < -0.3 is 4.90 Å². The van der Waals surface area contributed by atoms with E-state index in [2.05, 4.69) is 24.8 Å². The summed E-state index contributed by atoms with van der Waals surface area (Å²) in [5.41, 5.74) is 3.24. The summed E-state index contributed by atoms with van der Waals surface area (Å²) in [4.78, 5) is 13.1. The van der Waals surface area contributed by atoms with Gasteiger partial charge in [0, 0.05) is 35.3 Å². The Morgan fingerprint density at radius 3 is 2.94 bits per heavy atom. The van der Waals surface area contributed by atoms with Crippen molar-refractivity contribution in [2.75, 3.05) is 23.7 Å². The molecule has 0 spiro atoms. The molecule has 1 saturated heterocycles. The molecule has 1 aliphatic rings. The summed E-state index contributed by atoms with van der Waals surface area (Å²) in [6, 6.07) is 5.94. The van der Waals surface area contributed by atoms with Gasteiger partial charge in [-0.05, 0) is 30.7 Å². The highest BCUT2D eigenvalue weighted by molar-refractivity contribution is 8.00. The Bertz CT molecular complexity index is 392. The molecule has 0 amide bonds. The van der Waals surface area contributed by atoms with Crippen molar-refractivity contribution in [2.24, 2.45) is 0 Å². The Balaban J connectivity index is 2.22. The Morgan fingerprint density at radius 1 is 1.50 bits per heavy atom. The molecular weight excluding hydrogens is 218 g/mol. The standard InChI is InChI=1S/C13H17NOS/c1-10-7-12(9-15)3-4-13(10)14-5-6-16-11(2)8-14/h3-4,7,9,11H,5-6,8H2,1-2H3. The van der Waals surface area contributed by atoms with Crippen LogP contribution in [0, 0.1) is 6.92 Å². The molecular formula is C13H17NOS. The van der Waals surface area contributed by atoms with Crippen LogP contribution in [0.5, 0.6) is 0 Å². The second-order valence-corrected chi connectivity index (χ2v) is 5.84. The lowest BCUT2D eigenvalue weighted by Crippen LogP contribution is -2.37. The van der Waals surface area contributed by atoms with Crippen molar-refractivity contribution < 1.29 is 4.79 Å². The van der Waals surface area contributed by atoms with Crippen LogP contribution in [0.1, 0.15) is 22.8 Å². The van der Waals surface area contributed by atoms with Crippen molar-refractivity contribution in [1.29, 1.82) is 0 Å². The third-order valence-electron chi connectivity index (χ3n) is 2.94. The number of thioether (sulfide) groups is 1. The smallest absolute Gasteiger partial charge is 0.150 e. The van der Waals surface area contributed by atoms with Crippen LogP contribution in [0.4, 0.5) is 5.69 Å². The average Bonchev–Trinajstić information content (AvgIpc) is 2.28. The van der Waals surface area contributed by atoms with Crippen molar-refractivity contribution in [2.45, 2.75) is 19.1 Å². The van der Waals surface area contributed by atoms with Crippen LogP contribution < -0.4 is 4.90 Å². The monoisotopic (exact) mass is 235 g/mol. The third-order valence-corrected chi connectivity index (χ3v) is 4.08. The number of rotatable bonds is 2. The molecule has 0 N–H and O–H groups in total. The predicted octanol–water partition coefficient (Wildman–Crippen LogP) is 2.75. The minimum atomic E-state index is 0.693. The summed E-state index contributed by atoms with van der Waals surface area (Å²) in [5.74, 6) is 1.19. The molecule has 1 atom stereocenters. The fourth-order valence-corrected chi connectivity index (χ4v) is 3.16. The van der Waals surface area contributed by atoms with Crippen molar-refractivity contribution in [1.82, 2.24) is 0 Å². The van der Waals surface area contributed by atoms with Crippen LogP contribution in [0.3, 0.4) is 0 Å². The van der Waals surface area contributed by atoms with Crippen LogP contribution in [-0.2, 0) is 0 Å². The molecule has 2 nitrogen and oxygen atoms in total. The van der Waals surface area contributed by atoms with Crippen molar-refractivity contribution in [3.63, 3.8) is 0 Å². The van der Waals surface area contributed by atoms with Gasteiger partial charge in [-0.3, -0.25) is 4.79 Å². The third kappa shape index (κ3) is 2.40. The fraction of sp³-hybridized carbons (Fsp3) is 0.462. The van der Waals surface area contributed by atoms with E-state index >= 15 is 0 Å². The van der Waals surface area contributed by atoms with Gasteiger partial charge in [-0.2, -0.15) is 11.8 Å². The van der Waals surface area contributed by atoms with E-state index in [0.29, 0.717) is 5.25 Å². The van der Waals surface area contributed by atoms with E-state index in [4.69, 9.17) is 0 Å². The second kappa shape index (κ2) is 4.91. The lowest BCUT2D eigenvalue weighted by molar-refractivity contribution is 0.112. The Hall–Kier alpha value is -0.960. The number of benzene rings is 1. The molecule has 3 heteroatoms. The van der Waals surface area contributed by atoms with E-state index in [-0.39, 0.29) is 0 Å². The molecule has 0 saturated carbocycles. The number of hydrogen-bond acceptors (Lipinski definition) is 3. The van der Waals surface area contributed by atoms with E-state index in [0.717, 1.165) is 24.9 Å². The highest BCUT2D eigenvalue weighted by Crippen LogP contribution is 2.26. The van der Waals surface area contributed by atoms with Crippen LogP contribution in [-0.4, -0.2) is 30.4 Å². The molecule has 0 aromatic heterocycles. The normalized spacial score (nSPS) is 20.9. The van der Waals surface area contributed by atoms with E-state index in [1.807, 2.05) is 23.9 Å². The highest BCUT2D eigenvalue weighted by atomic mass is 32.2. The van der Waals surface area contributed by atoms with Crippen LogP contribution >= 0.6 is 11.8 Å². The molecule has 1 aromatic carbocycles. The molecule has 0 bridgehead atoms. The topological polar surface area (TPSA) is 20.3 Å².